The Balaban J connectivity index is 1.46. The van der Waals surface area contributed by atoms with Crippen molar-refractivity contribution in [1.29, 1.82) is 0 Å². The molecule has 1 aromatic heterocycles. The van der Waals surface area contributed by atoms with Crippen LogP contribution in [0.15, 0.2) is 18.5 Å². The Morgan fingerprint density at radius 3 is 2.45 bits per heavy atom. The molecule has 0 bridgehead atoms. The third-order valence-corrected chi connectivity index (χ3v) is 4.25. The number of rotatable bonds is 12. The van der Waals surface area contributed by atoms with Crippen molar-refractivity contribution in [2.24, 2.45) is 0 Å². The third-order valence-electron chi connectivity index (χ3n) is 4.25. The second-order valence-corrected chi connectivity index (χ2v) is 6.39. The summed E-state index contributed by atoms with van der Waals surface area (Å²) in [6.45, 7) is 4.53. The van der Waals surface area contributed by atoms with Crippen LogP contribution in [-0.2, 0) is 13.1 Å². The van der Waals surface area contributed by atoms with Crippen molar-refractivity contribution >= 4 is 0 Å². The fourth-order valence-electron chi connectivity index (χ4n) is 2.71. The number of aryl methyl sites for hydroxylation is 1. The van der Waals surface area contributed by atoms with Crippen LogP contribution in [0.25, 0.3) is 0 Å². The van der Waals surface area contributed by atoms with E-state index in [-0.39, 0.29) is 0 Å². The third kappa shape index (κ3) is 6.60. The van der Waals surface area contributed by atoms with E-state index in [0.29, 0.717) is 0 Å². The molecule has 114 valence electrons. The van der Waals surface area contributed by atoms with Crippen LogP contribution in [0.1, 0.15) is 76.7 Å². The maximum atomic E-state index is 3.57. The molecule has 1 heterocycles. The molecule has 0 amide bonds. The Kier molecular flexibility index (Phi) is 7.21. The van der Waals surface area contributed by atoms with Crippen molar-refractivity contribution in [2.75, 3.05) is 0 Å². The van der Waals surface area contributed by atoms with Crippen molar-refractivity contribution in [2.45, 2.75) is 90.3 Å². The average Bonchev–Trinajstić information content (AvgIpc) is 3.18. The first-order chi connectivity index (χ1) is 9.88. The second-order valence-electron chi connectivity index (χ2n) is 6.39. The van der Waals surface area contributed by atoms with Crippen LogP contribution in [-0.4, -0.2) is 10.6 Å². The van der Waals surface area contributed by atoms with E-state index < -0.39 is 0 Å². The Morgan fingerprint density at radius 2 is 1.75 bits per heavy atom. The summed E-state index contributed by atoms with van der Waals surface area (Å²) in [5, 5.41) is 3.57. The van der Waals surface area contributed by atoms with Gasteiger partial charge in [0.1, 0.15) is 0 Å². The van der Waals surface area contributed by atoms with E-state index in [0.717, 1.165) is 12.6 Å². The SMILES string of the molecule is CCCCCCCCCCn1ccc(CNC2CC2)c1. The van der Waals surface area contributed by atoms with Crippen LogP contribution in [0.4, 0.5) is 0 Å². The quantitative estimate of drug-likeness (QED) is 0.538. The maximum Gasteiger partial charge on any atom is 0.0223 e. The van der Waals surface area contributed by atoms with Gasteiger partial charge >= 0.3 is 0 Å². The van der Waals surface area contributed by atoms with Gasteiger partial charge in [-0.2, -0.15) is 0 Å². The van der Waals surface area contributed by atoms with Gasteiger partial charge in [0, 0.05) is 31.5 Å². The number of unbranched alkanes of at least 4 members (excludes halogenated alkanes) is 7. The molecule has 1 saturated carbocycles. The number of nitrogens with one attached hydrogen (secondary N) is 1. The lowest BCUT2D eigenvalue weighted by molar-refractivity contribution is 0.544. The predicted octanol–water partition coefficient (Wildman–Crippen LogP) is 4.88. The van der Waals surface area contributed by atoms with Gasteiger partial charge in [-0.05, 0) is 30.9 Å². The topological polar surface area (TPSA) is 17.0 Å². The molecule has 0 saturated heterocycles. The largest absolute Gasteiger partial charge is 0.354 e. The van der Waals surface area contributed by atoms with Gasteiger partial charge in [-0.15, -0.1) is 0 Å². The van der Waals surface area contributed by atoms with Crippen LogP contribution >= 0.6 is 0 Å². The minimum absolute atomic E-state index is 0.811. The van der Waals surface area contributed by atoms with Crippen molar-refractivity contribution in [3.63, 3.8) is 0 Å². The molecule has 1 N–H and O–H groups in total. The molecule has 1 fully saturated rings. The zero-order valence-corrected chi connectivity index (χ0v) is 13.2. The van der Waals surface area contributed by atoms with E-state index in [1.165, 1.54) is 76.3 Å². The van der Waals surface area contributed by atoms with Crippen molar-refractivity contribution in [1.82, 2.24) is 9.88 Å². The summed E-state index contributed by atoms with van der Waals surface area (Å²) in [6.07, 6.45) is 18.5. The van der Waals surface area contributed by atoms with Crippen molar-refractivity contribution < 1.29 is 0 Å². The van der Waals surface area contributed by atoms with Gasteiger partial charge < -0.3 is 9.88 Å². The van der Waals surface area contributed by atoms with E-state index in [4.69, 9.17) is 0 Å². The molecule has 1 aromatic rings. The highest BCUT2D eigenvalue weighted by Crippen LogP contribution is 2.19. The van der Waals surface area contributed by atoms with E-state index in [1.54, 1.807) is 0 Å². The lowest BCUT2D eigenvalue weighted by Gasteiger charge is -2.04. The molecule has 1 aliphatic carbocycles. The highest BCUT2D eigenvalue weighted by molar-refractivity contribution is 5.10. The Hall–Kier alpha value is -0.760. The maximum absolute atomic E-state index is 3.57. The molecule has 0 aromatic carbocycles. The summed E-state index contributed by atoms with van der Waals surface area (Å²) in [4.78, 5) is 0. The molecular weight excluding hydrogens is 244 g/mol. The summed E-state index contributed by atoms with van der Waals surface area (Å²) in [7, 11) is 0. The summed E-state index contributed by atoms with van der Waals surface area (Å²) < 4.78 is 2.36. The van der Waals surface area contributed by atoms with Crippen LogP contribution in [0.3, 0.4) is 0 Å². The first-order valence-electron chi connectivity index (χ1n) is 8.76. The number of nitrogens with zero attached hydrogens (tertiary/aromatic N) is 1. The molecule has 1 aliphatic rings. The Morgan fingerprint density at radius 1 is 1.05 bits per heavy atom. The number of hydrogen-bond donors (Lipinski definition) is 1. The van der Waals surface area contributed by atoms with Gasteiger partial charge in [0.2, 0.25) is 0 Å². The minimum atomic E-state index is 0.811. The lowest BCUT2D eigenvalue weighted by Crippen LogP contribution is -2.14. The van der Waals surface area contributed by atoms with E-state index >= 15 is 0 Å². The summed E-state index contributed by atoms with van der Waals surface area (Å²) in [5.74, 6) is 0. The molecule has 20 heavy (non-hydrogen) atoms. The van der Waals surface area contributed by atoms with Gasteiger partial charge in [0.25, 0.3) is 0 Å². The Bertz CT molecular complexity index is 352. The van der Waals surface area contributed by atoms with Gasteiger partial charge in [-0.1, -0.05) is 51.9 Å². The molecule has 0 radical (unpaired) electrons. The standard InChI is InChI=1S/C18H32N2/c1-2-3-4-5-6-7-8-9-13-20-14-12-17(16-20)15-19-18-10-11-18/h12,14,16,18-19H,2-11,13,15H2,1H3. The van der Waals surface area contributed by atoms with Gasteiger partial charge in [-0.25, -0.2) is 0 Å². The molecule has 2 heteroatoms. The number of hydrogen-bond acceptors (Lipinski definition) is 1. The summed E-state index contributed by atoms with van der Waals surface area (Å²) >= 11 is 0. The first kappa shape index (κ1) is 15.6. The highest BCUT2D eigenvalue weighted by Gasteiger charge is 2.19. The summed E-state index contributed by atoms with van der Waals surface area (Å²) in [6, 6.07) is 3.08. The fraction of sp³-hybridized carbons (Fsp3) is 0.778. The van der Waals surface area contributed by atoms with Gasteiger partial charge in [0.05, 0.1) is 0 Å². The van der Waals surface area contributed by atoms with Crippen molar-refractivity contribution in [3.8, 4) is 0 Å². The van der Waals surface area contributed by atoms with E-state index in [2.05, 4.69) is 35.3 Å². The highest BCUT2D eigenvalue weighted by atomic mass is 15.0. The fourth-order valence-corrected chi connectivity index (χ4v) is 2.71. The molecule has 2 nitrogen and oxygen atoms in total. The minimum Gasteiger partial charge on any atom is -0.354 e. The zero-order valence-electron chi connectivity index (χ0n) is 13.2. The van der Waals surface area contributed by atoms with E-state index in [9.17, 15) is 0 Å². The molecule has 0 atom stereocenters. The molecule has 0 unspecified atom stereocenters. The molecule has 0 aliphatic heterocycles. The lowest BCUT2D eigenvalue weighted by atomic mass is 10.1. The normalized spacial score (nSPS) is 14.8. The summed E-state index contributed by atoms with van der Waals surface area (Å²) in [5.41, 5.74) is 1.44. The Labute approximate surface area is 125 Å². The molecule has 0 spiro atoms. The van der Waals surface area contributed by atoms with Crippen molar-refractivity contribution in [3.05, 3.63) is 24.0 Å². The first-order valence-corrected chi connectivity index (χ1v) is 8.76. The van der Waals surface area contributed by atoms with Crippen LogP contribution in [0.5, 0.6) is 0 Å². The zero-order chi connectivity index (χ0) is 14.0. The van der Waals surface area contributed by atoms with Crippen LogP contribution < -0.4 is 5.32 Å². The van der Waals surface area contributed by atoms with Crippen LogP contribution in [0, 0.1) is 0 Å². The van der Waals surface area contributed by atoms with Gasteiger partial charge in [0.15, 0.2) is 0 Å². The monoisotopic (exact) mass is 276 g/mol. The van der Waals surface area contributed by atoms with Crippen LogP contribution in [0.2, 0.25) is 0 Å². The number of aromatic nitrogens is 1. The average molecular weight is 276 g/mol. The smallest absolute Gasteiger partial charge is 0.0223 e. The second kappa shape index (κ2) is 9.23. The molecule has 2 rings (SSSR count). The molecular formula is C18H32N2. The predicted molar refractivity (Wildman–Crippen MR) is 86.9 cm³/mol. The van der Waals surface area contributed by atoms with Gasteiger partial charge in [-0.3, -0.25) is 0 Å². The van der Waals surface area contributed by atoms with E-state index in [1.807, 2.05) is 0 Å².